The predicted molar refractivity (Wildman–Crippen MR) is 65.5 cm³/mol. The lowest BCUT2D eigenvalue weighted by Gasteiger charge is -2.08. The van der Waals surface area contributed by atoms with E-state index in [0.717, 1.165) is 5.56 Å². The molecule has 1 rings (SSSR count). The number of benzene rings is 1. The molecule has 0 bridgehead atoms. The zero-order valence-electron chi connectivity index (χ0n) is 10.3. The Balaban J connectivity index is 2.03. The lowest BCUT2D eigenvalue weighted by atomic mass is 10.2. The van der Waals surface area contributed by atoms with E-state index in [4.69, 9.17) is 19.3 Å². The summed E-state index contributed by atoms with van der Waals surface area (Å²) < 4.78 is 27.3. The van der Waals surface area contributed by atoms with Gasteiger partial charge in [-0.3, -0.25) is 0 Å². The van der Waals surface area contributed by atoms with E-state index in [1.807, 2.05) is 18.2 Å². The fourth-order valence-electron chi connectivity index (χ4n) is 1.33. The van der Waals surface area contributed by atoms with Crippen molar-refractivity contribution in [3.63, 3.8) is 0 Å². The van der Waals surface area contributed by atoms with Gasteiger partial charge < -0.3 is 19.3 Å². The van der Waals surface area contributed by atoms with Gasteiger partial charge >= 0.3 is 0 Å². The number of rotatable bonds is 10. The molecule has 0 atom stereocenters. The Hall–Kier alpha value is -1.17. The molecule has 0 aromatic heterocycles. The van der Waals surface area contributed by atoms with E-state index in [1.165, 1.54) is 0 Å². The molecule has 102 valence electrons. The van der Waals surface area contributed by atoms with Crippen molar-refractivity contribution < 1.29 is 23.7 Å². The summed E-state index contributed by atoms with van der Waals surface area (Å²) in [6.45, 7) is 1.35. The third-order valence-electron chi connectivity index (χ3n) is 2.17. The third-order valence-corrected chi connectivity index (χ3v) is 2.17. The number of alkyl halides is 1. The van der Waals surface area contributed by atoms with Gasteiger partial charge in [-0.1, -0.05) is 12.1 Å². The van der Waals surface area contributed by atoms with Crippen molar-refractivity contribution >= 4 is 0 Å². The molecule has 0 unspecified atom stereocenters. The predicted octanol–water partition coefficient (Wildman–Crippen LogP) is 1.56. The monoisotopic (exact) mass is 258 g/mol. The van der Waals surface area contributed by atoms with Gasteiger partial charge in [-0.25, -0.2) is 4.39 Å². The fraction of sp³-hybridized carbons (Fsp3) is 0.538. The van der Waals surface area contributed by atoms with Gasteiger partial charge in [0.05, 0.1) is 33.0 Å². The highest BCUT2D eigenvalue weighted by molar-refractivity contribution is 5.27. The highest BCUT2D eigenvalue weighted by atomic mass is 19.1. The van der Waals surface area contributed by atoms with Crippen LogP contribution in [0.3, 0.4) is 0 Å². The first-order valence-electron chi connectivity index (χ1n) is 5.91. The van der Waals surface area contributed by atoms with E-state index in [1.54, 1.807) is 6.07 Å². The van der Waals surface area contributed by atoms with Crippen molar-refractivity contribution in [1.29, 1.82) is 0 Å². The van der Waals surface area contributed by atoms with Crippen LogP contribution in [-0.4, -0.2) is 44.8 Å². The summed E-state index contributed by atoms with van der Waals surface area (Å²) in [5, 5.41) is 8.95. The lowest BCUT2D eigenvalue weighted by Crippen LogP contribution is -2.11. The number of hydrogen-bond donors (Lipinski definition) is 1. The molecular weight excluding hydrogens is 239 g/mol. The Morgan fingerprint density at radius 3 is 2.44 bits per heavy atom. The summed E-state index contributed by atoms with van der Waals surface area (Å²) in [5.74, 6) is 0.707. The highest BCUT2D eigenvalue weighted by Crippen LogP contribution is 2.12. The summed E-state index contributed by atoms with van der Waals surface area (Å²) in [6.07, 6.45) is 0. The van der Waals surface area contributed by atoms with Crippen LogP contribution in [0, 0.1) is 0 Å². The summed E-state index contributed by atoms with van der Waals surface area (Å²) in [7, 11) is 0. The van der Waals surface area contributed by atoms with Crippen molar-refractivity contribution in [3.05, 3.63) is 29.8 Å². The maximum Gasteiger partial charge on any atom is 0.119 e. The molecule has 18 heavy (non-hydrogen) atoms. The molecule has 1 N–H and O–H groups in total. The van der Waals surface area contributed by atoms with Crippen molar-refractivity contribution in [1.82, 2.24) is 0 Å². The van der Waals surface area contributed by atoms with Crippen LogP contribution in [0.25, 0.3) is 0 Å². The Kier molecular flexibility index (Phi) is 8.12. The number of aliphatic hydroxyl groups is 1. The van der Waals surface area contributed by atoms with Crippen molar-refractivity contribution in [2.75, 3.05) is 39.7 Å². The molecule has 0 saturated carbocycles. The first kappa shape index (κ1) is 14.9. The summed E-state index contributed by atoms with van der Waals surface area (Å²) in [5.41, 5.74) is 0.813. The zero-order valence-corrected chi connectivity index (χ0v) is 10.3. The molecule has 0 aliphatic rings. The quantitative estimate of drug-likeness (QED) is 0.647. The number of halogens is 1. The van der Waals surface area contributed by atoms with Crippen LogP contribution in [0.15, 0.2) is 24.3 Å². The van der Waals surface area contributed by atoms with Gasteiger partial charge in [0, 0.05) is 0 Å². The minimum Gasteiger partial charge on any atom is -0.491 e. The molecule has 0 fully saturated rings. The molecule has 0 heterocycles. The van der Waals surface area contributed by atoms with Crippen LogP contribution in [0.2, 0.25) is 0 Å². The molecule has 0 spiro atoms. The maximum absolute atomic E-state index is 11.7. The van der Waals surface area contributed by atoms with Gasteiger partial charge in [0.2, 0.25) is 0 Å². The van der Waals surface area contributed by atoms with Gasteiger partial charge in [0.15, 0.2) is 0 Å². The van der Waals surface area contributed by atoms with Crippen molar-refractivity contribution in [2.45, 2.75) is 6.61 Å². The van der Waals surface area contributed by atoms with Crippen LogP contribution in [0.1, 0.15) is 5.56 Å². The largest absolute Gasteiger partial charge is 0.491 e. The zero-order chi connectivity index (χ0) is 13.1. The van der Waals surface area contributed by atoms with Gasteiger partial charge in [-0.05, 0) is 17.7 Å². The minimum atomic E-state index is -0.468. The van der Waals surface area contributed by atoms with Crippen molar-refractivity contribution in [2.24, 2.45) is 0 Å². The normalized spacial score (nSPS) is 10.6. The van der Waals surface area contributed by atoms with E-state index < -0.39 is 6.67 Å². The van der Waals surface area contributed by atoms with Crippen LogP contribution in [-0.2, 0) is 16.1 Å². The average Bonchev–Trinajstić information content (AvgIpc) is 2.42. The van der Waals surface area contributed by atoms with Gasteiger partial charge in [-0.2, -0.15) is 0 Å². The molecule has 0 amide bonds. The molecule has 1 aromatic rings. The standard InChI is InChI=1S/C13H19FO4/c14-4-5-16-6-7-17-8-9-18-13-3-1-2-12(10-13)11-15/h1-3,10,15H,4-9,11H2. The van der Waals surface area contributed by atoms with E-state index in [-0.39, 0.29) is 13.2 Å². The topological polar surface area (TPSA) is 47.9 Å². The lowest BCUT2D eigenvalue weighted by molar-refractivity contribution is 0.0325. The first-order valence-corrected chi connectivity index (χ1v) is 5.91. The SMILES string of the molecule is OCc1cccc(OCCOCCOCCF)c1. The van der Waals surface area contributed by atoms with Crippen molar-refractivity contribution in [3.8, 4) is 5.75 Å². The average molecular weight is 258 g/mol. The molecule has 5 heteroatoms. The van der Waals surface area contributed by atoms with Crippen LogP contribution >= 0.6 is 0 Å². The second-order valence-corrected chi connectivity index (χ2v) is 3.57. The molecule has 0 saturated heterocycles. The van der Waals surface area contributed by atoms with Crippen LogP contribution < -0.4 is 4.74 Å². The number of hydrogen-bond acceptors (Lipinski definition) is 4. The van der Waals surface area contributed by atoms with Gasteiger partial charge in [-0.15, -0.1) is 0 Å². The van der Waals surface area contributed by atoms with Gasteiger partial charge in [0.25, 0.3) is 0 Å². The van der Waals surface area contributed by atoms with Crippen LogP contribution in [0.5, 0.6) is 5.75 Å². The summed E-state index contributed by atoms with van der Waals surface area (Å²) >= 11 is 0. The van der Waals surface area contributed by atoms with E-state index in [2.05, 4.69) is 0 Å². The first-order chi connectivity index (χ1) is 8.86. The van der Waals surface area contributed by atoms with Gasteiger partial charge in [0.1, 0.15) is 19.0 Å². The minimum absolute atomic E-state index is 0.000387. The van der Waals surface area contributed by atoms with E-state index in [9.17, 15) is 4.39 Å². The fourth-order valence-corrected chi connectivity index (χ4v) is 1.33. The third kappa shape index (κ3) is 6.54. The molecular formula is C13H19FO4. The van der Waals surface area contributed by atoms with E-state index >= 15 is 0 Å². The number of aliphatic hydroxyl groups excluding tert-OH is 1. The summed E-state index contributed by atoms with van der Waals surface area (Å²) in [6, 6.07) is 7.26. The molecule has 1 aromatic carbocycles. The molecule has 0 aliphatic carbocycles. The highest BCUT2D eigenvalue weighted by Gasteiger charge is 1.96. The summed E-state index contributed by atoms with van der Waals surface area (Å²) in [4.78, 5) is 0. The number of ether oxygens (including phenoxy) is 3. The second kappa shape index (κ2) is 9.82. The molecule has 0 radical (unpaired) electrons. The molecule has 0 aliphatic heterocycles. The second-order valence-electron chi connectivity index (χ2n) is 3.57. The Labute approximate surface area is 106 Å². The van der Waals surface area contributed by atoms with E-state index in [0.29, 0.717) is 32.2 Å². The van der Waals surface area contributed by atoms with Crippen LogP contribution in [0.4, 0.5) is 4.39 Å². The Morgan fingerprint density at radius 2 is 1.72 bits per heavy atom. The maximum atomic E-state index is 11.7. The Bertz CT molecular complexity index is 320. The Morgan fingerprint density at radius 1 is 1.00 bits per heavy atom. The molecule has 4 nitrogen and oxygen atoms in total. The smallest absolute Gasteiger partial charge is 0.119 e.